The molecule has 2 N–H and O–H groups in total. The van der Waals surface area contributed by atoms with E-state index in [4.69, 9.17) is 0 Å². The first-order valence-corrected chi connectivity index (χ1v) is 7.71. The molecule has 1 aromatic carbocycles. The van der Waals surface area contributed by atoms with E-state index in [0.717, 1.165) is 28.9 Å². The highest BCUT2D eigenvalue weighted by Crippen LogP contribution is 2.24. The van der Waals surface area contributed by atoms with E-state index in [1.165, 1.54) is 5.56 Å². The van der Waals surface area contributed by atoms with Gasteiger partial charge in [-0.1, -0.05) is 15.9 Å². The quantitative estimate of drug-likeness (QED) is 0.596. The van der Waals surface area contributed by atoms with E-state index in [2.05, 4.69) is 39.6 Å². The number of carbonyl (C=O) groups excluding carboxylic acids is 1. The number of thioether (sulfide) groups is 1. The molecule has 18 heavy (non-hydrogen) atoms. The first-order chi connectivity index (χ1) is 8.63. The zero-order valence-corrected chi connectivity index (χ0v) is 13.2. The summed E-state index contributed by atoms with van der Waals surface area (Å²) < 4.78 is 1.07. The third-order valence-corrected chi connectivity index (χ3v) is 4.09. The van der Waals surface area contributed by atoms with E-state index in [1.807, 2.05) is 19.2 Å². The molecule has 100 valence electrons. The number of rotatable bonds is 7. The highest BCUT2D eigenvalue weighted by Gasteiger charge is 2.04. The molecule has 1 amide bonds. The van der Waals surface area contributed by atoms with E-state index in [-0.39, 0.29) is 5.91 Å². The van der Waals surface area contributed by atoms with Gasteiger partial charge in [-0.25, -0.2) is 0 Å². The van der Waals surface area contributed by atoms with Gasteiger partial charge in [0.2, 0.25) is 5.91 Å². The van der Waals surface area contributed by atoms with Crippen LogP contribution in [0, 0.1) is 6.92 Å². The van der Waals surface area contributed by atoms with Crippen LogP contribution in [-0.2, 0) is 4.79 Å². The third kappa shape index (κ3) is 5.89. The first-order valence-electron chi connectivity index (χ1n) is 5.93. The van der Waals surface area contributed by atoms with Crippen molar-refractivity contribution >= 4 is 33.6 Å². The Bertz CT molecular complexity index is 399. The fraction of sp³-hybridized carbons (Fsp3) is 0.462. The molecule has 3 nitrogen and oxygen atoms in total. The summed E-state index contributed by atoms with van der Waals surface area (Å²) in [7, 11) is 1.91. The molecule has 1 rings (SSSR count). The maximum atomic E-state index is 11.6. The van der Waals surface area contributed by atoms with Crippen molar-refractivity contribution < 1.29 is 4.79 Å². The first kappa shape index (κ1) is 15.5. The average Bonchev–Trinajstić information content (AvgIpc) is 2.33. The Morgan fingerprint density at radius 3 is 2.83 bits per heavy atom. The number of hydrogen-bond donors (Lipinski definition) is 2. The lowest BCUT2D eigenvalue weighted by Crippen LogP contribution is -2.28. The molecule has 0 saturated carbocycles. The number of halogens is 1. The number of nitrogens with one attached hydrogen (secondary N) is 2. The van der Waals surface area contributed by atoms with Gasteiger partial charge in [-0.2, -0.15) is 0 Å². The lowest BCUT2D eigenvalue weighted by Gasteiger charge is -2.07. The molecule has 0 aliphatic heterocycles. The van der Waals surface area contributed by atoms with Crippen LogP contribution in [0.2, 0.25) is 0 Å². The second kappa shape index (κ2) is 8.56. The van der Waals surface area contributed by atoms with Crippen molar-refractivity contribution in [2.24, 2.45) is 0 Å². The molecular formula is C13H19BrN2OS. The van der Waals surface area contributed by atoms with Gasteiger partial charge in [0.15, 0.2) is 0 Å². The van der Waals surface area contributed by atoms with Crippen molar-refractivity contribution in [3.63, 3.8) is 0 Å². The van der Waals surface area contributed by atoms with Crippen molar-refractivity contribution in [1.29, 1.82) is 0 Å². The summed E-state index contributed by atoms with van der Waals surface area (Å²) >= 11 is 5.01. The lowest BCUT2D eigenvalue weighted by atomic mass is 10.2. The molecule has 0 aromatic heterocycles. The topological polar surface area (TPSA) is 41.1 Å². The SMILES string of the molecule is CNCCCNC(=O)CSc1ccc(Br)cc1C. The van der Waals surface area contributed by atoms with Crippen LogP contribution in [0.3, 0.4) is 0 Å². The van der Waals surface area contributed by atoms with Gasteiger partial charge in [-0.15, -0.1) is 11.8 Å². The van der Waals surface area contributed by atoms with Gasteiger partial charge < -0.3 is 10.6 Å². The zero-order chi connectivity index (χ0) is 13.4. The van der Waals surface area contributed by atoms with Gasteiger partial charge in [0.1, 0.15) is 0 Å². The van der Waals surface area contributed by atoms with Crippen LogP contribution in [0.5, 0.6) is 0 Å². The monoisotopic (exact) mass is 330 g/mol. The van der Waals surface area contributed by atoms with Crippen molar-refractivity contribution in [2.75, 3.05) is 25.9 Å². The minimum absolute atomic E-state index is 0.0958. The Balaban J connectivity index is 2.29. The number of benzene rings is 1. The number of aryl methyl sites for hydroxylation is 1. The maximum Gasteiger partial charge on any atom is 0.230 e. The van der Waals surface area contributed by atoms with Gasteiger partial charge >= 0.3 is 0 Å². The van der Waals surface area contributed by atoms with Gasteiger partial charge in [0.05, 0.1) is 5.75 Å². The molecule has 0 aliphatic carbocycles. The number of amides is 1. The molecule has 5 heteroatoms. The minimum atomic E-state index is 0.0958. The van der Waals surface area contributed by atoms with E-state index < -0.39 is 0 Å². The molecule has 0 fully saturated rings. The highest BCUT2D eigenvalue weighted by atomic mass is 79.9. The van der Waals surface area contributed by atoms with Gasteiger partial charge in [-0.05, 0) is 50.7 Å². The lowest BCUT2D eigenvalue weighted by molar-refractivity contribution is -0.118. The largest absolute Gasteiger partial charge is 0.355 e. The van der Waals surface area contributed by atoms with Crippen molar-refractivity contribution in [3.8, 4) is 0 Å². The molecule has 0 aliphatic rings. The predicted octanol–water partition coefficient (Wildman–Crippen LogP) is 2.58. The fourth-order valence-electron chi connectivity index (χ4n) is 1.46. The summed E-state index contributed by atoms with van der Waals surface area (Å²) in [5.74, 6) is 0.570. The molecule has 0 saturated heterocycles. The smallest absolute Gasteiger partial charge is 0.230 e. The van der Waals surface area contributed by atoms with Crippen molar-refractivity contribution in [3.05, 3.63) is 28.2 Å². The summed E-state index contributed by atoms with van der Waals surface area (Å²) in [5.41, 5.74) is 1.19. The fourth-order valence-corrected chi connectivity index (χ4v) is 2.78. The van der Waals surface area contributed by atoms with Gasteiger partial charge in [0, 0.05) is 15.9 Å². The van der Waals surface area contributed by atoms with Crippen LogP contribution >= 0.6 is 27.7 Å². The molecule has 0 unspecified atom stereocenters. The Hall–Kier alpha value is -0.520. The molecule has 0 radical (unpaired) electrons. The van der Waals surface area contributed by atoms with Crippen LogP contribution in [0.15, 0.2) is 27.6 Å². The van der Waals surface area contributed by atoms with E-state index >= 15 is 0 Å². The second-order valence-corrected chi connectivity index (χ2v) is 5.94. The normalized spacial score (nSPS) is 10.4. The van der Waals surface area contributed by atoms with Crippen LogP contribution in [0.25, 0.3) is 0 Å². The van der Waals surface area contributed by atoms with E-state index in [0.29, 0.717) is 5.75 Å². The molecule has 0 spiro atoms. The average molecular weight is 331 g/mol. The predicted molar refractivity (Wildman–Crippen MR) is 81.2 cm³/mol. The Kier molecular flexibility index (Phi) is 7.39. The summed E-state index contributed by atoms with van der Waals surface area (Å²) in [6.45, 7) is 3.72. The van der Waals surface area contributed by atoms with Crippen molar-refractivity contribution in [2.45, 2.75) is 18.2 Å². The van der Waals surface area contributed by atoms with Crippen LogP contribution < -0.4 is 10.6 Å². The molecule has 0 atom stereocenters. The van der Waals surface area contributed by atoms with E-state index in [9.17, 15) is 4.79 Å². The summed E-state index contributed by atoms with van der Waals surface area (Å²) in [6.07, 6.45) is 0.963. The Morgan fingerprint density at radius 1 is 1.39 bits per heavy atom. The van der Waals surface area contributed by atoms with E-state index in [1.54, 1.807) is 11.8 Å². The standard InChI is InChI=1S/C13H19BrN2OS/c1-10-8-11(14)4-5-12(10)18-9-13(17)16-7-3-6-15-2/h4-5,8,15H,3,6-7,9H2,1-2H3,(H,16,17). The summed E-state index contributed by atoms with van der Waals surface area (Å²) in [5, 5.41) is 5.96. The van der Waals surface area contributed by atoms with Gasteiger partial charge in [0.25, 0.3) is 0 Å². The molecule has 0 heterocycles. The Morgan fingerprint density at radius 2 is 2.17 bits per heavy atom. The number of hydrogen-bond acceptors (Lipinski definition) is 3. The molecular weight excluding hydrogens is 312 g/mol. The third-order valence-electron chi connectivity index (χ3n) is 2.42. The second-order valence-electron chi connectivity index (χ2n) is 4.01. The van der Waals surface area contributed by atoms with Crippen molar-refractivity contribution in [1.82, 2.24) is 10.6 Å². The molecule has 1 aromatic rings. The summed E-state index contributed by atoms with van der Waals surface area (Å²) in [6, 6.07) is 6.10. The molecule has 0 bridgehead atoms. The van der Waals surface area contributed by atoms with Gasteiger partial charge in [-0.3, -0.25) is 4.79 Å². The highest BCUT2D eigenvalue weighted by molar-refractivity contribution is 9.10. The summed E-state index contributed by atoms with van der Waals surface area (Å²) in [4.78, 5) is 12.8. The van der Waals surface area contributed by atoms with Crippen LogP contribution in [-0.4, -0.2) is 31.8 Å². The van der Waals surface area contributed by atoms with Crippen LogP contribution in [0.4, 0.5) is 0 Å². The Labute approximate surface area is 121 Å². The zero-order valence-electron chi connectivity index (χ0n) is 10.8. The van der Waals surface area contributed by atoms with Crippen LogP contribution in [0.1, 0.15) is 12.0 Å². The number of carbonyl (C=O) groups is 1. The maximum absolute atomic E-state index is 11.6. The minimum Gasteiger partial charge on any atom is -0.355 e.